The smallest absolute Gasteiger partial charge is 0.410 e. The van der Waals surface area contributed by atoms with Crippen molar-refractivity contribution < 1.29 is 14.3 Å². The summed E-state index contributed by atoms with van der Waals surface area (Å²) >= 11 is 0. The summed E-state index contributed by atoms with van der Waals surface area (Å²) < 4.78 is 5.65. The average Bonchev–Trinajstić information content (AvgIpc) is 2.64. The molecular weight excluding hydrogens is 352 g/mol. The Labute approximate surface area is 166 Å². The van der Waals surface area contributed by atoms with Crippen LogP contribution in [0, 0.1) is 5.92 Å². The van der Waals surface area contributed by atoms with Crippen molar-refractivity contribution in [1.29, 1.82) is 0 Å². The van der Waals surface area contributed by atoms with E-state index in [9.17, 15) is 9.59 Å². The van der Waals surface area contributed by atoms with E-state index in [-0.39, 0.29) is 29.9 Å². The van der Waals surface area contributed by atoms with E-state index in [1.54, 1.807) is 12.4 Å². The maximum absolute atomic E-state index is 13.4. The van der Waals surface area contributed by atoms with Crippen molar-refractivity contribution in [2.24, 2.45) is 5.92 Å². The Balaban J connectivity index is 1.57. The minimum absolute atomic E-state index is 0.0484. The number of carbonyl (C=O) groups is 2. The standard InChI is InChI=1S/C23H28N2O3/c1-23(2,3)28-22(27)25-17-7-5-8-18(25)13-16(12-17)21(26)20-9-4-6-15-14-24-11-10-19(15)20/h4,6,9-11,14,16-18H,5,7-8,12-13H2,1-3H3. The van der Waals surface area contributed by atoms with Gasteiger partial charge in [0.25, 0.3) is 0 Å². The molecule has 1 amide bonds. The van der Waals surface area contributed by atoms with E-state index in [1.165, 1.54) is 0 Å². The zero-order valence-corrected chi connectivity index (χ0v) is 16.9. The van der Waals surface area contributed by atoms with Crippen molar-refractivity contribution in [2.45, 2.75) is 70.6 Å². The number of Topliss-reactive ketones (excluding diaryl/α,β-unsaturated/α-hetero) is 1. The highest BCUT2D eigenvalue weighted by atomic mass is 16.6. The van der Waals surface area contributed by atoms with Gasteiger partial charge in [-0.1, -0.05) is 18.2 Å². The number of pyridine rings is 1. The molecule has 2 fully saturated rings. The number of ether oxygens (including phenoxy) is 1. The van der Waals surface area contributed by atoms with Gasteiger partial charge in [-0.05, 0) is 64.3 Å². The average molecular weight is 380 g/mol. The molecule has 5 heteroatoms. The highest BCUT2D eigenvalue weighted by Gasteiger charge is 2.44. The molecule has 2 aliphatic rings. The second-order valence-electron chi connectivity index (χ2n) is 9.06. The monoisotopic (exact) mass is 380 g/mol. The molecule has 28 heavy (non-hydrogen) atoms. The molecule has 0 radical (unpaired) electrons. The van der Waals surface area contributed by atoms with Crippen molar-refractivity contribution in [2.75, 3.05) is 0 Å². The molecule has 1 aromatic carbocycles. The Morgan fingerprint density at radius 1 is 1.11 bits per heavy atom. The first-order chi connectivity index (χ1) is 13.3. The quantitative estimate of drug-likeness (QED) is 0.689. The second kappa shape index (κ2) is 7.19. The van der Waals surface area contributed by atoms with Crippen molar-refractivity contribution >= 4 is 22.6 Å². The zero-order valence-electron chi connectivity index (χ0n) is 16.9. The van der Waals surface area contributed by atoms with Gasteiger partial charge >= 0.3 is 6.09 Å². The van der Waals surface area contributed by atoms with Gasteiger partial charge in [-0.2, -0.15) is 0 Å². The molecule has 2 atom stereocenters. The van der Waals surface area contributed by atoms with Crippen molar-refractivity contribution in [3.05, 3.63) is 42.2 Å². The lowest BCUT2D eigenvalue weighted by molar-refractivity contribution is -0.0260. The third-order valence-electron chi connectivity index (χ3n) is 5.90. The number of hydrogen-bond acceptors (Lipinski definition) is 4. The highest BCUT2D eigenvalue weighted by molar-refractivity contribution is 6.09. The minimum atomic E-state index is -0.505. The van der Waals surface area contributed by atoms with E-state index in [0.717, 1.165) is 48.4 Å². The zero-order chi connectivity index (χ0) is 19.9. The van der Waals surface area contributed by atoms with Crippen LogP contribution in [-0.4, -0.2) is 39.4 Å². The summed E-state index contributed by atoms with van der Waals surface area (Å²) in [7, 11) is 0. The molecule has 2 unspecified atom stereocenters. The molecule has 5 nitrogen and oxygen atoms in total. The van der Waals surface area contributed by atoms with Crippen molar-refractivity contribution in [1.82, 2.24) is 9.88 Å². The fraction of sp³-hybridized carbons (Fsp3) is 0.522. The Morgan fingerprint density at radius 3 is 2.50 bits per heavy atom. The number of benzene rings is 1. The third-order valence-corrected chi connectivity index (χ3v) is 5.90. The van der Waals surface area contributed by atoms with Crippen LogP contribution in [0.25, 0.3) is 10.8 Å². The predicted molar refractivity (Wildman–Crippen MR) is 108 cm³/mol. The normalized spacial score (nSPS) is 24.8. The lowest BCUT2D eigenvalue weighted by atomic mass is 9.75. The van der Waals surface area contributed by atoms with Crippen LogP contribution in [0.1, 0.15) is 63.2 Å². The molecule has 0 saturated carbocycles. The van der Waals surface area contributed by atoms with E-state index < -0.39 is 5.60 Å². The number of piperidine rings is 2. The Kier molecular flexibility index (Phi) is 4.86. The number of hydrogen-bond donors (Lipinski definition) is 0. The minimum Gasteiger partial charge on any atom is -0.444 e. The summed E-state index contributed by atoms with van der Waals surface area (Å²) in [6.07, 6.45) is 7.73. The van der Waals surface area contributed by atoms with Crippen LogP contribution < -0.4 is 0 Å². The molecule has 2 bridgehead atoms. The number of ketones is 1. The first-order valence-electron chi connectivity index (χ1n) is 10.2. The summed E-state index contributed by atoms with van der Waals surface area (Å²) in [5.74, 6) is 0.144. The molecule has 1 aromatic heterocycles. The summed E-state index contributed by atoms with van der Waals surface area (Å²) in [4.78, 5) is 32.2. The van der Waals surface area contributed by atoms with Crippen LogP contribution >= 0.6 is 0 Å². The first-order valence-corrected chi connectivity index (χ1v) is 10.2. The summed E-state index contributed by atoms with van der Waals surface area (Å²) in [6.45, 7) is 5.69. The SMILES string of the molecule is CC(C)(C)OC(=O)N1C2CCCC1CC(C(=O)c1cccc3cnccc13)C2. The fourth-order valence-electron chi connectivity index (χ4n) is 4.77. The van der Waals surface area contributed by atoms with Crippen LogP contribution in [0.4, 0.5) is 4.79 Å². The molecule has 3 heterocycles. The van der Waals surface area contributed by atoms with E-state index in [2.05, 4.69) is 4.98 Å². The molecule has 148 valence electrons. The summed E-state index contributed by atoms with van der Waals surface area (Å²) in [5.41, 5.74) is 0.267. The lowest BCUT2D eigenvalue weighted by Gasteiger charge is -2.48. The maximum atomic E-state index is 13.4. The van der Waals surface area contributed by atoms with Gasteiger partial charge in [0.15, 0.2) is 5.78 Å². The second-order valence-corrected chi connectivity index (χ2v) is 9.06. The molecule has 2 aromatic rings. The number of aromatic nitrogens is 1. The van der Waals surface area contributed by atoms with Crippen LogP contribution in [0.5, 0.6) is 0 Å². The van der Waals surface area contributed by atoms with Gasteiger partial charge in [0, 0.05) is 41.3 Å². The number of rotatable bonds is 2. The van der Waals surface area contributed by atoms with Gasteiger partial charge in [-0.15, -0.1) is 0 Å². The number of carbonyl (C=O) groups excluding carboxylic acids is 2. The fourth-order valence-corrected chi connectivity index (χ4v) is 4.77. The van der Waals surface area contributed by atoms with Crippen LogP contribution in [0.2, 0.25) is 0 Å². The first kappa shape index (κ1) is 18.9. The molecule has 4 rings (SSSR count). The van der Waals surface area contributed by atoms with E-state index in [1.807, 2.05) is 49.9 Å². The summed E-state index contributed by atoms with van der Waals surface area (Å²) in [5, 5.41) is 1.95. The third kappa shape index (κ3) is 3.62. The topological polar surface area (TPSA) is 59.5 Å². The molecule has 2 saturated heterocycles. The van der Waals surface area contributed by atoms with Gasteiger partial charge in [-0.25, -0.2) is 4.79 Å². The van der Waals surface area contributed by atoms with E-state index in [4.69, 9.17) is 4.74 Å². The van der Waals surface area contributed by atoms with Crippen molar-refractivity contribution in [3.8, 4) is 0 Å². The number of fused-ring (bicyclic) bond motifs is 3. The van der Waals surface area contributed by atoms with Gasteiger partial charge in [0.05, 0.1) is 0 Å². The van der Waals surface area contributed by atoms with Gasteiger partial charge in [-0.3, -0.25) is 9.78 Å². The van der Waals surface area contributed by atoms with Crippen LogP contribution in [0.3, 0.4) is 0 Å². The largest absolute Gasteiger partial charge is 0.444 e. The molecule has 0 aliphatic carbocycles. The molecule has 0 N–H and O–H groups in total. The highest BCUT2D eigenvalue weighted by Crippen LogP contribution is 2.39. The van der Waals surface area contributed by atoms with E-state index >= 15 is 0 Å². The van der Waals surface area contributed by atoms with E-state index in [0.29, 0.717) is 0 Å². The number of nitrogens with zero attached hydrogens (tertiary/aromatic N) is 2. The Bertz CT molecular complexity index is 883. The van der Waals surface area contributed by atoms with Gasteiger partial charge < -0.3 is 9.64 Å². The Morgan fingerprint density at radius 2 is 1.82 bits per heavy atom. The predicted octanol–water partition coefficient (Wildman–Crippen LogP) is 4.99. The number of amides is 1. The van der Waals surface area contributed by atoms with Gasteiger partial charge in [0.2, 0.25) is 0 Å². The van der Waals surface area contributed by atoms with Crippen LogP contribution in [0.15, 0.2) is 36.7 Å². The van der Waals surface area contributed by atoms with Crippen molar-refractivity contribution in [3.63, 3.8) is 0 Å². The molecular formula is C23H28N2O3. The lowest BCUT2D eigenvalue weighted by Crippen LogP contribution is -2.56. The Hall–Kier alpha value is -2.43. The molecule has 0 spiro atoms. The maximum Gasteiger partial charge on any atom is 0.410 e. The van der Waals surface area contributed by atoms with Gasteiger partial charge in [0.1, 0.15) is 5.60 Å². The molecule has 2 aliphatic heterocycles. The summed E-state index contributed by atoms with van der Waals surface area (Å²) in [6, 6.07) is 7.92. The van der Waals surface area contributed by atoms with Crippen LogP contribution in [-0.2, 0) is 4.74 Å².